The first-order chi connectivity index (χ1) is 14.1. The molecule has 0 aromatic rings. The van der Waals surface area contributed by atoms with Crippen molar-refractivity contribution in [3.05, 3.63) is 0 Å². The number of hydrogen-bond acceptors (Lipinski definition) is 8. The monoisotopic (exact) mass is 447 g/mol. The number of nitrogens with zero attached hydrogens (tertiary/aromatic N) is 1. The van der Waals surface area contributed by atoms with E-state index < -0.39 is 54.0 Å². The van der Waals surface area contributed by atoms with E-state index in [0.29, 0.717) is 38.8 Å². The molecule has 1 heterocycles. The van der Waals surface area contributed by atoms with Gasteiger partial charge in [-0.25, -0.2) is 4.79 Å². The van der Waals surface area contributed by atoms with Crippen LogP contribution in [0.5, 0.6) is 0 Å². The van der Waals surface area contributed by atoms with Gasteiger partial charge < -0.3 is 37.2 Å². The summed E-state index contributed by atoms with van der Waals surface area (Å²) in [4.78, 5) is 50.4. The fourth-order valence-electron chi connectivity index (χ4n) is 3.26. The largest absolute Gasteiger partial charge is 0.480 e. The molecule has 5 unspecified atom stereocenters. The molecule has 0 aliphatic carbocycles. The fourth-order valence-corrected chi connectivity index (χ4v) is 3.42. The first kappa shape index (κ1) is 26.1. The number of rotatable bonds is 12. The number of carbonyl (C=O) groups is 4. The SMILES string of the molecule is CC(O)C(NC(=O)C1CCCN1C(=O)C(N)CS)C(=O)NC(CCCCN)C(=O)O. The minimum atomic E-state index is -1.37. The van der Waals surface area contributed by atoms with Crippen LogP contribution in [0.25, 0.3) is 0 Å². The van der Waals surface area contributed by atoms with Crippen LogP contribution >= 0.6 is 12.6 Å². The van der Waals surface area contributed by atoms with E-state index in [2.05, 4.69) is 23.3 Å². The van der Waals surface area contributed by atoms with E-state index in [-0.39, 0.29) is 12.2 Å². The van der Waals surface area contributed by atoms with Crippen molar-refractivity contribution in [1.82, 2.24) is 15.5 Å². The van der Waals surface area contributed by atoms with Crippen molar-refractivity contribution in [1.29, 1.82) is 0 Å². The van der Waals surface area contributed by atoms with E-state index in [1.807, 2.05) is 0 Å². The Morgan fingerprint density at radius 2 is 1.90 bits per heavy atom. The van der Waals surface area contributed by atoms with Gasteiger partial charge in [0.1, 0.15) is 18.1 Å². The Morgan fingerprint density at radius 3 is 2.43 bits per heavy atom. The van der Waals surface area contributed by atoms with Gasteiger partial charge in [0, 0.05) is 12.3 Å². The number of nitrogens with two attached hydrogens (primary N) is 2. The maximum absolute atomic E-state index is 12.7. The molecular formula is C18H33N5O6S. The van der Waals surface area contributed by atoms with Crippen LogP contribution < -0.4 is 22.1 Å². The quantitative estimate of drug-likeness (QED) is 0.130. The summed E-state index contributed by atoms with van der Waals surface area (Å²) < 4.78 is 0. The number of aliphatic carboxylic acids is 1. The van der Waals surface area contributed by atoms with Gasteiger partial charge >= 0.3 is 5.97 Å². The number of carboxylic acids is 1. The summed E-state index contributed by atoms with van der Waals surface area (Å²) >= 11 is 4.00. The molecule has 30 heavy (non-hydrogen) atoms. The predicted molar refractivity (Wildman–Crippen MR) is 113 cm³/mol. The number of thiol groups is 1. The molecule has 1 rings (SSSR count). The van der Waals surface area contributed by atoms with Gasteiger partial charge in [-0.3, -0.25) is 14.4 Å². The molecule has 1 aliphatic heterocycles. The van der Waals surface area contributed by atoms with Crippen LogP contribution in [0.4, 0.5) is 0 Å². The number of unbranched alkanes of at least 4 members (excludes halogenated alkanes) is 1. The molecule has 0 aromatic heterocycles. The smallest absolute Gasteiger partial charge is 0.326 e. The predicted octanol–water partition coefficient (Wildman–Crippen LogP) is -2.20. The zero-order chi connectivity index (χ0) is 22.8. The molecule has 11 nitrogen and oxygen atoms in total. The zero-order valence-electron chi connectivity index (χ0n) is 17.1. The van der Waals surface area contributed by atoms with E-state index in [9.17, 15) is 29.4 Å². The van der Waals surface area contributed by atoms with E-state index in [0.717, 1.165) is 0 Å². The molecule has 0 spiro atoms. The highest BCUT2D eigenvalue weighted by atomic mass is 32.1. The number of aliphatic hydroxyl groups is 1. The molecule has 172 valence electrons. The molecule has 1 saturated heterocycles. The third-order valence-corrected chi connectivity index (χ3v) is 5.37. The summed E-state index contributed by atoms with van der Waals surface area (Å²) in [5.41, 5.74) is 11.1. The standard InChI is InChI=1S/C18H33N5O6S/c1-10(24)14(16(26)21-12(18(28)29)5-2-3-7-19)22-15(25)13-6-4-8-23(13)17(27)11(20)9-30/h10-14,24,30H,2-9,19-20H2,1H3,(H,21,26)(H,22,25)(H,28,29). The Morgan fingerprint density at radius 1 is 1.23 bits per heavy atom. The van der Waals surface area contributed by atoms with Crippen LogP contribution in [0, 0.1) is 0 Å². The number of likely N-dealkylation sites (tertiary alicyclic amines) is 1. The lowest BCUT2D eigenvalue weighted by atomic mass is 10.1. The molecule has 0 radical (unpaired) electrons. The number of nitrogens with one attached hydrogen (secondary N) is 2. The average Bonchev–Trinajstić information content (AvgIpc) is 3.19. The Kier molecular flexibility index (Phi) is 11.1. The van der Waals surface area contributed by atoms with Gasteiger partial charge in [0.2, 0.25) is 17.7 Å². The Hall–Kier alpha value is -1.89. The van der Waals surface area contributed by atoms with E-state index >= 15 is 0 Å². The lowest BCUT2D eigenvalue weighted by molar-refractivity contribution is -0.144. The van der Waals surface area contributed by atoms with Gasteiger partial charge in [-0.2, -0.15) is 12.6 Å². The van der Waals surface area contributed by atoms with Crippen molar-refractivity contribution in [3.63, 3.8) is 0 Å². The molecule has 12 heteroatoms. The Bertz CT molecular complexity index is 620. The van der Waals surface area contributed by atoms with Crippen LogP contribution in [-0.2, 0) is 19.2 Å². The van der Waals surface area contributed by atoms with Crippen molar-refractivity contribution < 1.29 is 29.4 Å². The molecule has 1 fully saturated rings. The van der Waals surface area contributed by atoms with Crippen LogP contribution in [0.15, 0.2) is 0 Å². The maximum atomic E-state index is 12.7. The maximum Gasteiger partial charge on any atom is 0.326 e. The van der Waals surface area contributed by atoms with E-state index in [1.165, 1.54) is 11.8 Å². The normalized spacial score (nSPS) is 20.2. The lowest BCUT2D eigenvalue weighted by Crippen LogP contribution is -2.59. The second-order valence-corrected chi connectivity index (χ2v) is 7.75. The van der Waals surface area contributed by atoms with E-state index in [1.54, 1.807) is 0 Å². The van der Waals surface area contributed by atoms with Gasteiger partial charge in [-0.05, 0) is 45.6 Å². The Balaban J connectivity index is 2.82. The highest BCUT2D eigenvalue weighted by Gasteiger charge is 2.38. The number of carbonyl (C=O) groups excluding carboxylic acids is 3. The van der Waals surface area contributed by atoms with Crippen molar-refractivity contribution in [2.24, 2.45) is 11.5 Å². The summed E-state index contributed by atoms with van der Waals surface area (Å²) in [6.07, 6.45) is 0.988. The summed E-state index contributed by atoms with van der Waals surface area (Å²) in [5, 5.41) is 24.1. The summed E-state index contributed by atoms with van der Waals surface area (Å²) in [6, 6.07) is -4.20. The Labute approximate surface area is 181 Å². The topological polar surface area (TPSA) is 188 Å². The highest BCUT2D eigenvalue weighted by molar-refractivity contribution is 7.80. The second kappa shape index (κ2) is 12.7. The second-order valence-electron chi connectivity index (χ2n) is 7.39. The fraction of sp³-hybridized carbons (Fsp3) is 0.778. The summed E-state index contributed by atoms with van der Waals surface area (Å²) in [6.45, 7) is 2.06. The van der Waals surface area contributed by atoms with Crippen molar-refractivity contribution in [2.45, 2.75) is 69.3 Å². The molecule has 5 atom stereocenters. The minimum Gasteiger partial charge on any atom is -0.480 e. The van der Waals surface area contributed by atoms with Crippen molar-refractivity contribution >= 4 is 36.3 Å². The van der Waals surface area contributed by atoms with Gasteiger partial charge in [0.15, 0.2) is 0 Å². The van der Waals surface area contributed by atoms with Crippen LogP contribution in [0.3, 0.4) is 0 Å². The molecule has 8 N–H and O–H groups in total. The minimum absolute atomic E-state index is 0.128. The zero-order valence-corrected chi connectivity index (χ0v) is 18.0. The highest BCUT2D eigenvalue weighted by Crippen LogP contribution is 2.19. The third-order valence-electron chi connectivity index (χ3n) is 4.98. The van der Waals surface area contributed by atoms with Crippen molar-refractivity contribution in [2.75, 3.05) is 18.8 Å². The number of amides is 3. The molecule has 0 bridgehead atoms. The molecule has 1 aliphatic rings. The number of aliphatic hydroxyl groups excluding tert-OH is 1. The van der Waals surface area contributed by atoms with Crippen molar-refractivity contribution in [3.8, 4) is 0 Å². The lowest BCUT2D eigenvalue weighted by Gasteiger charge is -2.29. The number of carboxylic acid groups (broad SMARTS) is 1. The first-order valence-corrected chi connectivity index (χ1v) is 10.7. The molecule has 3 amide bonds. The van der Waals surface area contributed by atoms with Crippen LogP contribution in [-0.4, -0.2) is 87.9 Å². The third kappa shape index (κ3) is 7.42. The summed E-state index contributed by atoms with van der Waals surface area (Å²) in [5.74, 6) is -2.93. The molecule has 0 saturated carbocycles. The van der Waals surface area contributed by atoms with E-state index in [4.69, 9.17) is 11.5 Å². The van der Waals surface area contributed by atoms with Crippen LogP contribution in [0.2, 0.25) is 0 Å². The van der Waals surface area contributed by atoms with Gasteiger partial charge in [-0.1, -0.05) is 0 Å². The first-order valence-electron chi connectivity index (χ1n) is 10.0. The number of hydrogen-bond donors (Lipinski definition) is 7. The molecule has 0 aromatic carbocycles. The van der Waals surface area contributed by atoms with Gasteiger partial charge in [-0.15, -0.1) is 0 Å². The average molecular weight is 448 g/mol. The molecular weight excluding hydrogens is 414 g/mol. The summed E-state index contributed by atoms with van der Waals surface area (Å²) in [7, 11) is 0. The van der Waals surface area contributed by atoms with Gasteiger partial charge in [0.25, 0.3) is 0 Å². The van der Waals surface area contributed by atoms with Gasteiger partial charge in [0.05, 0.1) is 12.1 Å². The van der Waals surface area contributed by atoms with Crippen LogP contribution in [0.1, 0.15) is 39.0 Å².